The van der Waals surface area contributed by atoms with Crippen LogP contribution >= 0.6 is 24.0 Å². The predicted octanol–water partition coefficient (Wildman–Crippen LogP) is 3.99. The highest BCUT2D eigenvalue weighted by Gasteiger charge is 2.14. The fraction of sp³-hybridized carbons (Fsp3) is 0.588. The van der Waals surface area contributed by atoms with Crippen molar-refractivity contribution in [1.29, 1.82) is 0 Å². The van der Waals surface area contributed by atoms with Gasteiger partial charge in [-0.2, -0.15) is 0 Å². The van der Waals surface area contributed by atoms with E-state index in [9.17, 15) is 10.1 Å². The summed E-state index contributed by atoms with van der Waals surface area (Å²) >= 11 is 0. The van der Waals surface area contributed by atoms with Gasteiger partial charge in [0.05, 0.1) is 11.5 Å². The zero-order chi connectivity index (χ0) is 16.5. The van der Waals surface area contributed by atoms with Crippen molar-refractivity contribution in [2.45, 2.75) is 58.0 Å². The largest absolute Gasteiger partial charge is 0.356 e. The van der Waals surface area contributed by atoms with Gasteiger partial charge in [0.2, 0.25) is 0 Å². The first-order chi connectivity index (χ1) is 11.2. The van der Waals surface area contributed by atoms with Crippen molar-refractivity contribution < 1.29 is 4.92 Å². The highest BCUT2D eigenvalue weighted by atomic mass is 127. The molecule has 1 aromatic carbocycles. The summed E-state index contributed by atoms with van der Waals surface area (Å²) in [4.78, 5) is 14.9. The molecule has 2 rings (SSSR count). The number of guanidine groups is 1. The smallest absolute Gasteiger partial charge is 0.269 e. The third-order valence-corrected chi connectivity index (χ3v) is 4.06. The lowest BCUT2D eigenvalue weighted by molar-refractivity contribution is -0.384. The Bertz CT molecular complexity index is 528. The van der Waals surface area contributed by atoms with Gasteiger partial charge in [-0.15, -0.1) is 24.0 Å². The van der Waals surface area contributed by atoms with Gasteiger partial charge >= 0.3 is 0 Å². The summed E-state index contributed by atoms with van der Waals surface area (Å²) in [6, 6.07) is 7.08. The molecule has 1 aliphatic carbocycles. The Labute approximate surface area is 160 Å². The topological polar surface area (TPSA) is 79.6 Å². The van der Waals surface area contributed by atoms with Crippen molar-refractivity contribution in [3.05, 3.63) is 39.9 Å². The van der Waals surface area contributed by atoms with Gasteiger partial charge in [-0.25, -0.2) is 4.99 Å². The van der Waals surface area contributed by atoms with Crippen LogP contribution in [0.3, 0.4) is 0 Å². The third-order valence-electron chi connectivity index (χ3n) is 4.06. The highest BCUT2D eigenvalue weighted by molar-refractivity contribution is 14.0. The molecule has 1 saturated carbocycles. The molecule has 24 heavy (non-hydrogen) atoms. The van der Waals surface area contributed by atoms with Crippen LogP contribution in [0.25, 0.3) is 0 Å². The van der Waals surface area contributed by atoms with E-state index in [2.05, 4.69) is 22.5 Å². The summed E-state index contributed by atoms with van der Waals surface area (Å²) in [5.74, 6) is 0.845. The first kappa shape index (κ1) is 20.7. The number of nitro benzene ring substituents is 1. The molecule has 0 amide bonds. The molecule has 7 heteroatoms. The molecule has 134 valence electrons. The van der Waals surface area contributed by atoms with Crippen molar-refractivity contribution in [2.75, 3.05) is 6.54 Å². The Morgan fingerprint density at radius 2 is 1.92 bits per heavy atom. The molecule has 1 aromatic rings. The van der Waals surface area contributed by atoms with E-state index in [-0.39, 0.29) is 34.6 Å². The number of hydrogen-bond acceptors (Lipinski definition) is 3. The van der Waals surface area contributed by atoms with E-state index in [0.29, 0.717) is 12.6 Å². The van der Waals surface area contributed by atoms with Crippen molar-refractivity contribution in [3.8, 4) is 0 Å². The maximum Gasteiger partial charge on any atom is 0.269 e. The molecule has 1 fully saturated rings. The molecule has 2 N–H and O–H groups in total. The molecule has 0 aromatic heterocycles. The number of nitro groups is 1. The molecule has 1 aliphatic rings. The minimum absolute atomic E-state index is 0. The van der Waals surface area contributed by atoms with Crippen LogP contribution < -0.4 is 10.6 Å². The quantitative estimate of drug-likeness (QED) is 0.228. The summed E-state index contributed by atoms with van der Waals surface area (Å²) in [6.45, 7) is 3.53. The molecule has 0 atom stereocenters. The van der Waals surface area contributed by atoms with Gasteiger partial charge in [0.25, 0.3) is 5.69 Å². The summed E-state index contributed by atoms with van der Waals surface area (Å²) in [5.41, 5.74) is 1.08. The molecule has 0 heterocycles. The Kier molecular flexibility index (Phi) is 9.66. The van der Waals surface area contributed by atoms with Gasteiger partial charge in [-0.3, -0.25) is 10.1 Å². The normalized spacial score (nSPS) is 15.5. The number of nitrogens with zero attached hydrogens (tertiary/aromatic N) is 2. The fourth-order valence-electron chi connectivity index (χ4n) is 2.73. The van der Waals surface area contributed by atoms with Gasteiger partial charge < -0.3 is 10.6 Å². The first-order valence-electron chi connectivity index (χ1n) is 8.47. The summed E-state index contributed by atoms with van der Waals surface area (Å²) in [7, 11) is 0. The zero-order valence-electron chi connectivity index (χ0n) is 14.2. The minimum Gasteiger partial charge on any atom is -0.356 e. The van der Waals surface area contributed by atoms with Crippen molar-refractivity contribution in [1.82, 2.24) is 10.6 Å². The van der Waals surface area contributed by atoms with E-state index in [1.54, 1.807) is 12.1 Å². The van der Waals surface area contributed by atoms with Crippen LogP contribution in [0.4, 0.5) is 5.69 Å². The molecule has 0 aliphatic heterocycles. The zero-order valence-corrected chi connectivity index (χ0v) is 16.5. The van der Waals surface area contributed by atoms with Crippen molar-refractivity contribution in [2.24, 2.45) is 4.99 Å². The second-order valence-corrected chi connectivity index (χ2v) is 5.99. The number of halogens is 1. The molecule has 0 radical (unpaired) electrons. The first-order valence-corrected chi connectivity index (χ1v) is 8.47. The average molecular weight is 446 g/mol. The number of rotatable bonds is 6. The van der Waals surface area contributed by atoms with Gasteiger partial charge in [-0.1, -0.05) is 38.3 Å². The Morgan fingerprint density at radius 1 is 1.25 bits per heavy atom. The molecule has 0 bridgehead atoms. The van der Waals surface area contributed by atoms with Crippen LogP contribution in [-0.2, 0) is 6.54 Å². The SMILES string of the molecule is CCCNC(=NCc1ccc([N+](=O)[O-])cc1)NC1CCCCC1.I. The van der Waals surface area contributed by atoms with Crippen LogP contribution in [-0.4, -0.2) is 23.5 Å². The van der Waals surface area contributed by atoms with Gasteiger partial charge in [0, 0.05) is 24.7 Å². The lowest BCUT2D eigenvalue weighted by Crippen LogP contribution is -2.44. The van der Waals surface area contributed by atoms with Crippen LogP contribution in [0.2, 0.25) is 0 Å². The fourth-order valence-corrected chi connectivity index (χ4v) is 2.73. The highest BCUT2D eigenvalue weighted by Crippen LogP contribution is 2.17. The van der Waals surface area contributed by atoms with E-state index in [1.807, 2.05) is 0 Å². The number of benzene rings is 1. The minimum atomic E-state index is -0.383. The molecule has 6 nitrogen and oxygen atoms in total. The van der Waals surface area contributed by atoms with Crippen molar-refractivity contribution in [3.63, 3.8) is 0 Å². The van der Waals surface area contributed by atoms with E-state index < -0.39 is 0 Å². The lowest BCUT2D eigenvalue weighted by atomic mass is 9.96. The average Bonchev–Trinajstić information content (AvgIpc) is 2.58. The maximum absolute atomic E-state index is 10.7. The molecule has 0 unspecified atom stereocenters. The predicted molar refractivity (Wildman–Crippen MR) is 108 cm³/mol. The third kappa shape index (κ3) is 7.02. The van der Waals surface area contributed by atoms with Crippen LogP contribution in [0.5, 0.6) is 0 Å². The standard InChI is InChI=1S/C17H26N4O2.HI/c1-2-12-18-17(20-15-6-4-3-5-7-15)19-13-14-8-10-16(11-9-14)21(22)23;/h8-11,15H,2-7,12-13H2,1H3,(H2,18,19,20);1H. The maximum atomic E-state index is 10.7. The van der Waals surface area contributed by atoms with E-state index >= 15 is 0 Å². The van der Waals surface area contributed by atoms with Crippen LogP contribution in [0.1, 0.15) is 51.0 Å². The summed E-state index contributed by atoms with van der Waals surface area (Å²) in [5, 5.41) is 17.5. The second-order valence-electron chi connectivity index (χ2n) is 5.99. The van der Waals surface area contributed by atoms with E-state index in [0.717, 1.165) is 24.5 Å². The van der Waals surface area contributed by atoms with Crippen LogP contribution in [0.15, 0.2) is 29.3 Å². The monoisotopic (exact) mass is 446 g/mol. The molecular formula is C17H27IN4O2. The van der Waals surface area contributed by atoms with Crippen molar-refractivity contribution >= 4 is 35.6 Å². The van der Waals surface area contributed by atoms with Gasteiger partial charge in [0.15, 0.2) is 5.96 Å². The molecule has 0 spiro atoms. The Morgan fingerprint density at radius 3 is 2.50 bits per heavy atom. The number of non-ortho nitro benzene ring substituents is 1. The summed E-state index contributed by atoms with van der Waals surface area (Å²) in [6.07, 6.45) is 7.33. The molecule has 0 saturated heterocycles. The Hall–Kier alpha value is -1.38. The van der Waals surface area contributed by atoms with Gasteiger partial charge in [-0.05, 0) is 24.8 Å². The number of hydrogen-bond donors (Lipinski definition) is 2. The number of aliphatic imine (C=N–C) groups is 1. The molecular weight excluding hydrogens is 419 g/mol. The van der Waals surface area contributed by atoms with Gasteiger partial charge in [0.1, 0.15) is 0 Å². The second kappa shape index (κ2) is 11.2. The summed E-state index contributed by atoms with van der Waals surface area (Å²) < 4.78 is 0. The lowest BCUT2D eigenvalue weighted by Gasteiger charge is -2.25. The Balaban J connectivity index is 0.00000288. The van der Waals surface area contributed by atoms with E-state index in [1.165, 1.54) is 44.2 Å². The van der Waals surface area contributed by atoms with E-state index in [4.69, 9.17) is 0 Å². The number of nitrogens with one attached hydrogen (secondary N) is 2. The van der Waals surface area contributed by atoms with Crippen LogP contribution in [0, 0.1) is 10.1 Å².